The van der Waals surface area contributed by atoms with Gasteiger partial charge in [0.15, 0.2) is 5.76 Å². The third-order valence-electron chi connectivity index (χ3n) is 3.22. The predicted molar refractivity (Wildman–Crippen MR) is 81.8 cm³/mol. The van der Waals surface area contributed by atoms with Crippen molar-refractivity contribution in [3.63, 3.8) is 0 Å². The van der Waals surface area contributed by atoms with Gasteiger partial charge in [0, 0.05) is 11.2 Å². The van der Waals surface area contributed by atoms with E-state index in [2.05, 4.69) is 9.88 Å². The minimum absolute atomic E-state index is 0.124. The number of hydrogen-bond acceptors (Lipinski definition) is 5. The van der Waals surface area contributed by atoms with Crippen LogP contribution in [0.1, 0.15) is 17.0 Å². The summed E-state index contributed by atoms with van der Waals surface area (Å²) in [4.78, 5) is 0.124. The van der Waals surface area contributed by atoms with Crippen molar-refractivity contribution in [3.8, 4) is 0 Å². The Morgan fingerprint density at radius 2 is 2.10 bits per heavy atom. The summed E-state index contributed by atoms with van der Waals surface area (Å²) in [7, 11) is -3.62. The van der Waals surface area contributed by atoms with Crippen LogP contribution in [0.5, 0.6) is 0 Å². The van der Waals surface area contributed by atoms with Gasteiger partial charge in [-0.2, -0.15) is 0 Å². The number of nitrogens with one attached hydrogen (secondary N) is 1. The maximum atomic E-state index is 12.3. The Labute approximate surface area is 126 Å². The second-order valence-corrected chi connectivity index (χ2v) is 7.42. The lowest BCUT2D eigenvalue weighted by Crippen LogP contribution is -2.24. The number of hydrogen-bond donors (Lipinski definition) is 1. The molecule has 0 spiro atoms. The van der Waals surface area contributed by atoms with Crippen LogP contribution in [0, 0.1) is 13.8 Å². The van der Waals surface area contributed by atoms with Crippen LogP contribution in [0.15, 0.2) is 39.1 Å². The van der Waals surface area contributed by atoms with Crippen molar-refractivity contribution < 1.29 is 12.9 Å². The van der Waals surface area contributed by atoms with E-state index < -0.39 is 10.0 Å². The van der Waals surface area contributed by atoms with Crippen LogP contribution in [-0.4, -0.2) is 13.6 Å². The monoisotopic (exact) mass is 322 g/mol. The molecule has 0 bridgehead atoms. The van der Waals surface area contributed by atoms with Crippen LogP contribution in [0.4, 0.5) is 0 Å². The van der Waals surface area contributed by atoms with Crippen LogP contribution in [-0.2, 0) is 16.6 Å². The fourth-order valence-electron chi connectivity index (χ4n) is 2.23. The zero-order valence-corrected chi connectivity index (χ0v) is 13.2. The summed E-state index contributed by atoms with van der Waals surface area (Å²) in [6.07, 6.45) is 0. The predicted octanol–water partition coefficient (Wildman–Crippen LogP) is 2.98. The van der Waals surface area contributed by atoms with E-state index in [-0.39, 0.29) is 11.4 Å². The first kappa shape index (κ1) is 14.2. The molecule has 0 unspecified atom stereocenters. The largest absolute Gasteiger partial charge is 0.360 e. The highest BCUT2D eigenvalue weighted by atomic mass is 32.2. The molecular weight excluding hydrogens is 308 g/mol. The minimum Gasteiger partial charge on any atom is -0.360 e. The molecule has 2 aromatic heterocycles. The van der Waals surface area contributed by atoms with Gasteiger partial charge in [-0.1, -0.05) is 11.2 Å². The Balaban J connectivity index is 1.83. The van der Waals surface area contributed by atoms with Crippen LogP contribution < -0.4 is 4.72 Å². The van der Waals surface area contributed by atoms with Crippen molar-refractivity contribution in [3.05, 3.63) is 46.7 Å². The molecule has 0 fully saturated rings. The molecule has 0 atom stereocenters. The lowest BCUT2D eigenvalue weighted by molar-refractivity contribution is 0.390. The first-order valence-corrected chi connectivity index (χ1v) is 8.72. The van der Waals surface area contributed by atoms with Crippen molar-refractivity contribution in [2.24, 2.45) is 0 Å². The van der Waals surface area contributed by atoms with E-state index in [9.17, 15) is 8.42 Å². The van der Waals surface area contributed by atoms with Gasteiger partial charge in [0.2, 0.25) is 10.0 Å². The van der Waals surface area contributed by atoms with E-state index in [0.29, 0.717) is 11.5 Å². The number of thiophene rings is 1. The van der Waals surface area contributed by atoms with Crippen LogP contribution in [0.2, 0.25) is 0 Å². The second-order valence-electron chi connectivity index (χ2n) is 4.77. The first-order valence-electron chi connectivity index (χ1n) is 6.36. The highest BCUT2D eigenvalue weighted by molar-refractivity contribution is 7.89. The third-order valence-corrected chi connectivity index (χ3v) is 5.76. The van der Waals surface area contributed by atoms with Gasteiger partial charge in [0.1, 0.15) is 10.6 Å². The SMILES string of the molecule is Cc1noc(C)c1S(=O)(=O)NCc1ccc2sccc2c1. The van der Waals surface area contributed by atoms with Crippen LogP contribution in [0.3, 0.4) is 0 Å². The first-order chi connectivity index (χ1) is 9.97. The number of sulfonamides is 1. The molecular formula is C14H14N2O3S2. The standard InChI is InChI=1S/C14H14N2O3S2/c1-9-14(10(2)19-16-9)21(17,18)15-8-11-3-4-13-12(7-11)5-6-20-13/h3-7,15H,8H2,1-2H3. The van der Waals surface area contributed by atoms with E-state index in [0.717, 1.165) is 10.9 Å². The molecule has 0 aliphatic carbocycles. The molecule has 21 heavy (non-hydrogen) atoms. The van der Waals surface area contributed by atoms with Crippen molar-refractivity contribution in [2.75, 3.05) is 0 Å². The molecule has 0 aliphatic rings. The summed E-state index contributed by atoms with van der Waals surface area (Å²) in [5, 5.41) is 6.81. The molecule has 2 heterocycles. The number of aromatic nitrogens is 1. The van der Waals surface area contributed by atoms with Crippen molar-refractivity contribution in [2.45, 2.75) is 25.3 Å². The highest BCUT2D eigenvalue weighted by Gasteiger charge is 2.23. The number of nitrogens with zero attached hydrogens (tertiary/aromatic N) is 1. The van der Waals surface area contributed by atoms with Gasteiger partial charge in [-0.25, -0.2) is 13.1 Å². The summed E-state index contributed by atoms with van der Waals surface area (Å²) in [5.74, 6) is 0.299. The summed E-state index contributed by atoms with van der Waals surface area (Å²) in [6.45, 7) is 3.44. The lowest BCUT2D eigenvalue weighted by atomic mass is 10.2. The van der Waals surface area contributed by atoms with Gasteiger partial charge in [-0.15, -0.1) is 11.3 Å². The molecule has 7 heteroatoms. The van der Waals surface area contributed by atoms with Gasteiger partial charge in [0.25, 0.3) is 0 Å². The fraction of sp³-hybridized carbons (Fsp3) is 0.214. The molecule has 0 saturated heterocycles. The number of fused-ring (bicyclic) bond motifs is 1. The number of aryl methyl sites for hydroxylation is 2. The smallest absolute Gasteiger partial charge is 0.246 e. The van der Waals surface area contributed by atoms with E-state index in [1.165, 1.54) is 4.70 Å². The molecule has 3 aromatic rings. The van der Waals surface area contributed by atoms with Crippen molar-refractivity contribution in [1.82, 2.24) is 9.88 Å². The zero-order chi connectivity index (χ0) is 15.0. The molecule has 0 radical (unpaired) electrons. The minimum atomic E-state index is -3.62. The normalized spacial score (nSPS) is 12.1. The molecule has 0 saturated carbocycles. The van der Waals surface area contributed by atoms with Crippen LogP contribution in [0.25, 0.3) is 10.1 Å². The molecule has 1 N–H and O–H groups in total. The molecule has 5 nitrogen and oxygen atoms in total. The molecule has 0 amide bonds. The fourth-order valence-corrected chi connectivity index (χ4v) is 4.35. The number of rotatable bonds is 4. The van der Waals surface area contributed by atoms with Crippen molar-refractivity contribution in [1.29, 1.82) is 0 Å². The van der Waals surface area contributed by atoms with Gasteiger partial charge >= 0.3 is 0 Å². The van der Waals surface area contributed by atoms with Gasteiger partial charge in [-0.3, -0.25) is 0 Å². The maximum Gasteiger partial charge on any atom is 0.246 e. The molecule has 110 valence electrons. The Morgan fingerprint density at radius 3 is 2.81 bits per heavy atom. The Kier molecular flexibility index (Phi) is 3.56. The van der Waals surface area contributed by atoms with E-state index in [1.807, 2.05) is 29.6 Å². The molecule has 0 aliphatic heterocycles. The van der Waals surface area contributed by atoms with Gasteiger partial charge in [0.05, 0.1) is 0 Å². The zero-order valence-electron chi connectivity index (χ0n) is 11.6. The van der Waals surface area contributed by atoms with E-state index in [4.69, 9.17) is 4.52 Å². The third kappa shape index (κ3) is 2.72. The molecule has 1 aromatic carbocycles. The topological polar surface area (TPSA) is 72.2 Å². The van der Waals surface area contributed by atoms with E-state index >= 15 is 0 Å². The van der Waals surface area contributed by atoms with Gasteiger partial charge < -0.3 is 4.52 Å². The van der Waals surface area contributed by atoms with Crippen molar-refractivity contribution >= 4 is 31.4 Å². The average Bonchev–Trinajstić information content (AvgIpc) is 3.02. The lowest BCUT2D eigenvalue weighted by Gasteiger charge is -2.06. The average molecular weight is 322 g/mol. The summed E-state index contributed by atoms with van der Waals surface area (Å²) < 4.78 is 33.3. The Bertz CT molecular complexity index is 874. The molecule has 3 rings (SSSR count). The summed E-state index contributed by atoms with van der Waals surface area (Å²) in [5.41, 5.74) is 1.28. The maximum absolute atomic E-state index is 12.3. The Morgan fingerprint density at radius 1 is 1.29 bits per heavy atom. The second kappa shape index (κ2) is 5.25. The quantitative estimate of drug-likeness (QED) is 0.801. The Hall–Kier alpha value is -1.70. The number of benzene rings is 1. The van der Waals surface area contributed by atoms with Gasteiger partial charge in [-0.05, 0) is 48.4 Å². The highest BCUT2D eigenvalue weighted by Crippen LogP contribution is 2.22. The summed E-state index contributed by atoms with van der Waals surface area (Å²) >= 11 is 1.66. The summed E-state index contributed by atoms with van der Waals surface area (Å²) in [6, 6.07) is 7.93. The van der Waals surface area contributed by atoms with Crippen LogP contribution >= 0.6 is 11.3 Å². The van der Waals surface area contributed by atoms with E-state index in [1.54, 1.807) is 25.2 Å².